The molecule has 7 heteroatoms. The van der Waals surface area contributed by atoms with Crippen LogP contribution >= 0.6 is 11.3 Å². The van der Waals surface area contributed by atoms with Crippen LogP contribution in [-0.2, 0) is 16.1 Å². The predicted octanol–water partition coefficient (Wildman–Crippen LogP) is 1.68. The Bertz CT molecular complexity index is 619. The van der Waals surface area contributed by atoms with Crippen LogP contribution in [-0.4, -0.2) is 70.8 Å². The molecule has 25 heavy (non-hydrogen) atoms. The number of aromatic nitrogens is 1. The lowest BCUT2D eigenvalue weighted by Gasteiger charge is -2.34. The van der Waals surface area contributed by atoms with E-state index in [2.05, 4.69) is 9.88 Å². The summed E-state index contributed by atoms with van der Waals surface area (Å²) in [6.45, 7) is 11.3. The van der Waals surface area contributed by atoms with Gasteiger partial charge in [0.25, 0.3) is 0 Å². The third-order valence-electron chi connectivity index (χ3n) is 5.21. The van der Waals surface area contributed by atoms with Crippen LogP contribution in [0.5, 0.6) is 0 Å². The van der Waals surface area contributed by atoms with Crippen molar-refractivity contribution in [3.63, 3.8) is 0 Å². The Morgan fingerprint density at radius 2 is 2.12 bits per heavy atom. The second kappa shape index (κ2) is 7.41. The lowest BCUT2D eigenvalue weighted by atomic mass is 9.85. The summed E-state index contributed by atoms with van der Waals surface area (Å²) in [5.41, 5.74) is -0.161. The molecule has 1 aromatic rings. The number of likely N-dealkylation sites (tertiary alicyclic amines) is 1. The van der Waals surface area contributed by atoms with Crippen LogP contribution in [0.1, 0.15) is 32.2 Å². The highest BCUT2D eigenvalue weighted by molar-refractivity contribution is 7.09. The van der Waals surface area contributed by atoms with Crippen LogP contribution in [0, 0.1) is 11.3 Å². The standard InChI is InChI=1S/C18H28N4O2S/c1-4-21-12-18(9-16(21)23)11-20(10-15-19-5-8-25-15)6-7-22(13-18)17(24)14(2)3/h5,8,14H,4,6-7,9-13H2,1-3H3. The maximum atomic E-state index is 12.6. The lowest BCUT2D eigenvalue weighted by molar-refractivity contribution is -0.135. The van der Waals surface area contributed by atoms with Crippen molar-refractivity contribution in [2.75, 3.05) is 39.3 Å². The molecule has 2 saturated heterocycles. The molecule has 3 heterocycles. The molecule has 3 rings (SSSR count). The molecule has 6 nitrogen and oxygen atoms in total. The van der Waals surface area contributed by atoms with Crippen LogP contribution in [0.2, 0.25) is 0 Å². The molecular formula is C18H28N4O2S. The van der Waals surface area contributed by atoms with Gasteiger partial charge in [-0.25, -0.2) is 4.98 Å². The van der Waals surface area contributed by atoms with E-state index in [9.17, 15) is 9.59 Å². The van der Waals surface area contributed by atoms with Gasteiger partial charge in [-0.05, 0) is 6.92 Å². The molecule has 1 aromatic heterocycles. The van der Waals surface area contributed by atoms with Crippen molar-refractivity contribution in [3.05, 3.63) is 16.6 Å². The highest BCUT2D eigenvalue weighted by Crippen LogP contribution is 2.35. The van der Waals surface area contributed by atoms with E-state index >= 15 is 0 Å². The molecule has 0 saturated carbocycles. The minimum Gasteiger partial charge on any atom is -0.342 e. The molecular weight excluding hydrogens is 336 g/mol. The highest BCUT2D eigenvalue weighted by atomic mass is 32.1. The third kappa shape index (κ3) is 4.03. The molecule has 138 valence electrons. The van der Waals surface area contributed by atoms with Gasteiger partial charge in [-0.3, -0.25) is 14.5 Å². The third-order valence-corrected chi connectivity index (χ3v) is 5.97. The number of hydrogen-bond donors (Lipinski definition) is 0. The summed E-state index contributed by atoms with van der Waals surface area (Å²) in [7, 11) is 0. The Kier molecular flexibility index (Phi) is 5.43. The first-order valence-electron chi connectivity index (χ1n) is 9.10. The zero-order valence-electron chi connectivity index (χ0n) is 15.4. The minimum absolute atomic E-state index is 0.0121. The molecule has 0 aromatic carbocycles. The summed E-state index contributed by atoms with van der Waals surface area (Å²) in [6, 6.07) is 0. The van der Waals surface area contributed by atoms with Gasteiger partial charge < -0.3 is 9.80 Å². The van der Waals surface area contributed by atoms with Gasteiger partial charge in [0.05, 0.1) is 6.54 Å². The first-order valence-corrected chi connectivity index (χ1v) is 9.98. The van der Waals surface area contributed by atoms with E-state index in [1.54, 1.807) is 11.3 Å². The normalized spacial score (nSPS) is 25.2. The Morgan fingerprint density at radius 3 is 2.72 bits per heavy atom. The van der Waals surface area contributed by atoms with Crippen LogP contribution < -0.4 is 0 Å². The average molecular weight is 365 g/mol. The fourth-order valence-electron chi connectivity index (χ4n) is 4.04. The van der Waals surface area contributed by atoms with Gasteiger partial charge in [-0.2, -0.15) is 0 Å². The van der Waals surface area contributed by atoms with E-state index < -0.39 is 0 Å². The van der Waals surface area contributed by atoms with Crippen molar-refractivity contribution in [2.24, 2.45) is 11.3 Å². The van der Waals surface area contributed by atoms with Gasteiger partial charge in [0, 0.05) is 68.6 Å². The van der Waals surface area contributed by atoms with E-state index in [1.165, 1.54) is 0 Å². The zero-order chi connectivity index (χ0) is 18.0. The molecule has 0 bridgehead atoms. The quantitative estimate of drug-likeness (QED) is 0.816. The summed E-state index contributed by atoms with van der Waals surface area (Å²) >= 11 is 1.66. The summed E-state index contributed by atoms with van der Waals surface area (Å²) in [5.74, 6) is 0.398. The van der Waals surface area contributed by atoms with E-state index in [-0.39, 0.29) is 23.1 Å². The molecule has 0 aliphatic carbocycles. The number of rotatable bonds is 4. The number of carbonyl (C=O) groups is 2. The summed E-state index contributed by atoms with van der Waals surface area (Å²) in [5, 5.41) is 3.09. The van der Waals surface area contributed by atoms with E-state index in [4.69, 9.17) is 0 Å². The Labute approximate surface area is 153 Å². The number of hydrogen-bond acceptors (Lipinski definition) is 5. The fourth-order valence-corrected chi connectivity index (χ4v) is 4.70. The second-order valence-electron chi connectivity index (χ2n) is 7.64. The lowest BCUT2D eigenvalue weighted by Crippen LogP contribution is -2.45. The smallest absolute Gasteiger partial charge is 0.225 e. The molecule has 1 spiro atoms. The molecule has 0 N–H and O–H groups in total. The monoisotopic (exact) mass is 364 g/mol. The van der Waals surface area contributed by atoms with Gasteiger partial charge >= 0.3 is 0 Å². The van der Waals surface area contributed by atoms with Gasteiger partial charge in [-0.1, -0.05) is 13.8 Å². The molecule has 1 atom stereocenters. The number of nitrogens with zero attached hydrogens (tertiary/aromatic N) is 4. The zero-order valence-corrected chi connectivity index (χ0v) is 16.2. The van der Waals surface area contributed by atoms with Crippen molar-refractivity contribution >= 4 is 23.2 Å². The van der Waals surface area contributed by atoms with Crippen molar-refractivity contribution in [1.82, 2.24) is 19.7 Å². The van der Waals surface area contributed by atoms with Crippen molar-refractivity contribution in [2.45, 2.75) is 33.7 Å². The van der Waals surface area contributed by atoms with Crippen molar-refractivity contribution in [3.8, 4) is 0 Å². The molecule has 2 amide bonds. The molecule has 2 aliphatic rings. The van der Waals surface area contributed by atoms with Crippen molar-refractivity contribution in [1.29, 1.82) is 0 Å². The maximum absolute atomic E-state index is 12.6. The Balaban J connectivity index is 1.82. The maximum Gasteiger partial charge on any atom is 0.225 e. The van der Waals surface area contributed by atoms with E-state index in [1.807, 2.05) is 42.1 Å². The first-order chi connectivity index (χ1) is 11.9. The van der Waals surface area contributed by atoms with Crippen LogP contribution in [0.4, 0.5) is 0 Å². The SMILES string of the molecule is CCN1CC2(CC1=O)CN(Cc1nccs1)CCN(C(=O)C(C)C)C2. The van der Waals surface area contributed by atoms with E-state index in [0.717, 1.165) is 44.3 Å². The van der Waals surface area contributed by atoms with Crippen LogP contribution in [0.15, 0.2) is 11.6 Å². The van der Waals surface area contributed by atoms with Gasteiger partial charge in [0.2, 0.25) is 11.8 Å². The summed E-state index contributed by atoms with van der Waals surface area (Å²) in [6.07, 6.45) is 2.37. The number of thiazole rings is 1. The second-order valence-corrected chi connectivity index (χ2v) is 8.61. The Morgan fingerprint density at radius 1 is 1.32 bits per heavy atom. The van der Waals surface area contributed by atoms with E-state index in [0.29, 0.717) is 13.0 Å². The molecule has 0 radical (unpaired) electrons. The molecule has 2 aliphatic heterocycles. The van der Waals surface area contributed by atoms with Crippen LogP contribution in [0.3, 0.4) is 0 Å². The first kappa shape index (κ1) is 18.3. The predicted molar refractivity (Wildman–Crippen MR) is 98.1 cm³/mol. The number of carbonyl (C=O) groups excluding carboxylic acids is 2. The average Bonchev–Trinajstić information content (AvgIpc) is 3.13. The minimum atomic E-state index is -0.161. The van der Waals surface area contributed by atoms with Crippen molar-refractivity contribution < 1.29 is 9.59 Å². The summed E-state index contributed by atoms with van der Waals surface area (Å²) < 4.78 is 0. The largest absolute Gasteiger partial charge is 0.342 e. The Hall–Kier alpha value is -1.47. The van der Waals surface area contributed by atoms with Gasteiger partial charge in [0.1, 0.15) is 5.01 Å². The molecule has 1 unspecified atom stereocenters. The summed E-state index contributed by atoms with van der Waals surface area (Å²) in [4.78, 5) is 35.8. The van der Waals surface area contributed by atoms with Gasteiger partial charge in [0.15, 0.2) is 0 Å². The topological polar surface area (TPSA) is 56.8 Å². The number of amides is 2. The van der Waals surface area contributed by atoms with Gasteiger partial charge in [-0.15, -0.1) is 11.3 Å². The fraction of sp³-hybridized carbons (Fsp3) is 0.722. The van der Waals surface area contributed by atoms with Crippen LogP contribution in [0.25, 0.3) is 0 Å². The molecule has 2 fully saturated rings. The highest BCUT2D eigenvalue weighted by Gasteiger charge is 2.46.